The van der Waals surface area contributed by atoms with E-state index >= 15 is 0 Å². The lowest BCUT2D eigenvalue weighted by Crippen LogP contribution is -2.15. The number of halogens is 1. The van der Waals surface area contributed by atoms with Gasteiger partial charge in [0.25, 0.3) is 5.69 Å². The van der Waals surface area contributed by atoms with Crippen LogP contribution in [0.25, 0.3) is 0 Å². The number of ether oxygens (including phenoxy) is 2. The number of nitro groups is 1. The summed E-state index contributed by atoms with van der Waals surface area (Å²) in [5.74, 6) is 0.824. The van der Waals surface area contributed by atoms with Gasteiger partial charge in [-0.15, -0.1) is 0 Å². The topological polar surface area (TPSA) is 97.0 Å². The van der Waals surface area contributed by atoms with Crippen molar-refractivity contribution in [2.24, 2.45) is 4.99 Å². The lowest BCUT2D eigenvalue weighted by molar-refractivity contribution is -0.385. The molecule has 0 spiro atoms. The van der Waals surface area contributed by atoms with Crippen molar-refractivity contribution >= 4 is 33.5 Å². The number of nitrogens with zero attached hydrogens (tertiary/aromatic N) is 2. The summed E-state index contributed by atoms with van der Waals surface area (Å²) in [7, 11) is 0. The molecule has 118 valence electrons. The highest BCUT2D eigenvalue weighted by Crippen LogP contribution is 2.40. The smallest absolute Gasteiger partial charge is 0.270 e. The van der Waals surface area contributed by atoms with E-state index in [0.717, 1.165) is 6.07 Å². The van der Waals surface area contributed by atoms with Crippen LogP contribution in [0, 0.1) is 10.1 Å². The van der Waals surface area contributed by atoms with E-state index in [-0.39, 0.29) is 17.0 Å². The summed E-state index contributed by atoms with van der Waals surface area (Å²) in [5, 5.41) is 22.5. The predicted molar refractivity (Wildman–Crippen MR) is 84.9 cm³/mol. The lowest BCUT2D eigenvalue weighted by Gasteiger charge is -2.19. The van der Waals surface area contributed by atoms with Gasteiger partial charge in [-0.1, -0.05) is 11.8 Å². The zero-order chi connectivity index (χ0) is 16.4. The van der Waals surface area contributed by atoms with Crippen LogP contribution in [0.3, 0.4) is 0 Å². The molecule has 0 unspecified atom stereocenters. The molecule has 0 amide bonds. The minimum absolute atomic E-state index is 0.144. The molecule has 1 heterocycles. The maximum absolute atomic E-state index is 11.7. The highest BCUT2D eigenvalue weighted by molar-refractivity contribution is 9.10. The Morgan fingerprint density at radius 1 is 1.22 bits per heavy atom. The number of nitro benzene ring substituents is 1. The molecule has 0 bridgehead atoms. The number of non-ortho nitro benzene ring substituents is 1. The third kappa shape index (κ3) is 3.26. The Kier molecular flexibility index (Phi) is 4.16. The third-order valence-electron chi connectivity index (χ3n) is 3.14. The van der Waals surface area contributed by atoms with Crippen LogP contribution in [0.4, 0.5) is 11.4 Å². The first kappa shape index (κ1) is 15.3. The Morgan fingerprint density at radius 3 is 2.78 bits per heavy atom. The molecule has 0 saturated carbocycles. The van der Waals surface area contributed by atoms with Crippen LogP contribution in [-0.4, -0.2) is 24.4 Å². The van der Waals surface area contributed by atoms with E-state index < -0.39 is 4.92 Å². The molecule has 7 nitrogen and oxygen atoms in total. The number of rotatable bonds is 3. The van der Waals surface area contributed by atoms with Gasteiger partial charge in [-0.05, 0) is 27.6 Å². The van der Waals surface area contributed by atoms with Crippen LogP contribution >= 0.6 is 15.9 Å². The summed E-state index contributed by atoms with van der Waals surface area (Å²) in [6.45, 7) is 0.920. The SMILES string of the molecule is O=[N+]([O-])c1ccc([O-])c(C=Nc2cc(Br)c3c(c2)OCCO3)c1. The molecule has 2 aromatic rings. The van der Waals surface area contributed by atoms with Gasteiger partial charge in [-0.25, -0.2) is 0 Å². The van der Waals surface area contributed by atoms with Gasteiger partial charge in [0.05, 0.1) is 15.1 Å². The first-order chi connectivity index (χ1) is 11.0. The van der Waals surface area contributed by atoms with Crippen molar-refractivity contribution in [3.63, 3.8) is 0 Å². The number of hydrogen-bond acceptors (Lipinski definition) is 6. The monoisotopic (exact) mass is 377 g/mol. The second-order valence-electron chi connectivity index (χ2n) is 4.69. The molecule has 1 aliphatic heterocycles. The van der Waals surface area contributed by atoms with Gasteiger partial charge in [0, 0.05) is 24.4 Å². The fourth-order valence-electron chi connectivity index (χ4n) is 2.07. The summed E-state index contributed by atoms with van der Waals surface area (Å²) in [5.41, 5.74) is 0.520. The highest BCUT2D eigenvalue weighted by Gasteiger charge is 2.16. The van der Waals surface area contributed by atoms with Gasteiger partial charge in [0.15, 0.2) is 11.5 Å². The third-order valence-corrected chi connectivity index (χ3v) is 3.73. The zero-order valence-electron chi connectivity index (χ0n) is 11.7. The van der Waals surface area contributed by atoms with Crippen LogP contribution in [0.15, 0.2) is 39.8 Å². The van der Waals surface area contributed by atoms with Crippen LogP contribution in [0.1, 0.15) is 5.56 Å². The first-order valence-corrected chi connectivity index (χ1v) is 7.42. The molecule has 1 aliphatic rings. The van der Waals surface area contributed by atoms with Crippen molar-refractivity contribution in [1.29, 1.82) is 0 Å². The molecular formula is C15H10BrN2O5-. The molecule has 0 aliphatic carbocycles. The average molecular weight is 378 g/mol. The second kappa shape index (κ2) is 6.25. The van der Waals surface area contributed by atoms with Crippen LogP contribution in [-0.2, 0) is 0 Å². The maximum Gasteiger partial charge on any atom is 0.270 e. The Labute approximate surface area is 139 Å². The summed E-state index contributed by atoms with van der Waals surface area (Å²) in [4.78, 5) is 14.4. The summed E-state index contributed by atoms with van der Waals surface area (Å²) < 4.78 is 11.7. The van der Waals surface area contributed by atoms with E-state index in [1.165, 1.54) is 18.3 Å². The molecular weight excluding hydrogens is 368 g/mol. The van der Waals surface area contributed by atoms with Gasteiger partial charge in [-0.2, -0.15) is 0 Å². The Hall–Kier alpha value is -2.61. The quantitative estimate of drug-likeness (QED) is 0.465. The van der Waals surface area contributed by atoms with Crippen molar-refractivity contribution in [2.75, 3.05) is 13.2 Å². The minimum atomic E-state index is -0.558. The van der Waals surface area contributed by atoms with Gasteiger partial charge >= 0.3 is 0 Å². The number of benzene rings is 2. The molecule has 0 aromatic heterocycles. The molecule has 0 atom stereocenters. The summed E-state index contributed by atoms with van der Waals surface area (Å²) >= 11 is 3.37. The fourth-order valence-corrected chi connectivity index (χ4v) is 2.61. The molecule has 0 N–H and O–H groups in total. The number of aliphatic imine (C=N–C) groups is 1. The van der Waals surface area contributed by atoms with Gasteiger partial charge < -0.3 is 14.6 Å². The van der Waals surface area contributed by atoms with E-state index in [4.69, 9.17) is 9.47 Å². The number of hydrogen-bond donors (Lipinski definition) is 0. The Morgan fingerprint density at radius 2 is 2.00 bits per heavy atom. The Balaban J connectivity index is 1.93. The van der Waals surface area contributed by atoms with Crippen LogP contribution < -0.4 is 14.6 Å². The molecule has 0 saturated heterocycles. The van der Waals surface area contributed by atoms with Crippen molar-refractivity contribution in [3.05, 3.63) is 50.5 Å². The Bertz CT molecular complexity index is 807. The van der Waals surface area contributed by atoms with Crippen molar-refractivity contribution in [1.82, 2.24) is 0 Å². The first-order valence-electron chi connectivity index (χ1n) is 6.63. The van der Waals surface area contributed by atoms with Crippen molar-refractivity contribution < 1.29 is 19.5 Å². The molecule has 3 rings (SSSR count). The predicted octanol–water partition coefficient (Wildman–Crippen LogP) is 2.95. The normalized spacial score (nSPS) is 13.3. The zero-order valence-corrected chi connectivity index (χ0v) is 13.3. The largest absolute Gasteiger partial charge is 0.872 e. The lowest BCUT2D eigenvalue weighted by atomic mass is 10.2. The van der Waals surface area contributed by atoms with Crippen LogP contribution in [0.5, 0.6) is 17.2 Å². The molecule has 0 radical (unpaired) electrons. The molecule has 0 fully saturated rings. The minimum Gasteiger partial charge on any atom is -0.872 e. The molecule has 2 aromatic carbocycles. The van der Waals surface area contributed by atoms with Gasteiger partial charge in [0.2, 0.25) is 0 Å². The van der Waals surface area contributed by atoms with E-state index in [0.29, 0.717) is 34.9 Å². The van der Waals surface area contributed by atoms with Crippen LogP contribution in [0.2, 0.25) is 0 Å². The van der Waals surface area contributed by atoms with E-state index in [9.17, 15) is 15.2 Å². The summed E-state index contributed by atoms with van der Waals surface area (Å²) in [6, 6.07) is 6.90. The van der Waals surface area contributed by atoms with E-state index in [2.05, 4.69) is 20.9 Å². The molecule has 8 heteroatoms. The van der Waals surface area contributed by atoms with E-state index in [1.54, 1.807) is 12.1 Å². The standard InChI is InChI=1S/C15H11BrN2O5/c16-12-6-10(7-14-15(12)23-4-3-22-14)17-8-9-5-11(18(20)21)1-2-13(9)19/h1-2,5-8,19H,3-4H2/p-1. The molecule has 23 heavy (non-hydrogen) atoms. The van der Waals surface area contributed by atoms with Gasteiger partial charge in [0.1, 0.15) is 13.2 Å². The summed E-state index contributed by atoms with van der Waals surface area (Å²) in [6.07, 6.45) is 1.30. The van der Waals surface area contributed by atoms with E-state index in [1.807, 2.05) is 0 Å². The van der Waals surface area contributed by atoms with Crippen molar-refractivity contribution in [2.45, 2.75) is 0 Å². The van der Waals surface area contributed by atoms with Crippen molar-refractivity contribution in [3.8, 4) is 17.2 Å². The maximum atomic E-state index is 11.7. The average Bonchev–Trinajstić information content (AvgIpc) is 2.54. The van der Waals surface area contributed by atoms with Gasteiger partial charge in [-0.3, -0.25) is 15.1 Å². The fraction of sp³-hybridized carbons (Fsp3) is 0.133. The number of fused-ring (bicyclic) bond motifs is 1. The highest BCUT2D eigenvalue weighted by atomic mass is 79.9. The second-order valence-corrected chi connectivity index (χ2v) is 5.54.